The Balaban J connectivity index is 2.44. The van der Waals surface area contributed by atoms with Crippen LogP contribution in [0, 0.1) is 0 Å². The van der Waals surface area contributed by atoms with E-state index in [0.29, 0.717) is 5.75 Å². The van der Waals surface area contributed by atoms with E-state index in [9.17, 15) is 18.3 Å². The van der Waals surface area contributed by atoms with Gasteiger partial charge < -0.3 is 14.6 Å². The predicted octanol–water partition coefficient (Wildman–Crippen LogP) is 0.279. The van der Waals surface area contributed by atoms with Crippen molar-refractivity contribution in [3.05, 3.63) is 48.3 Å². The molecule has 1 aromatic carbocycles. The maximum Gasteiger partial charge on any atom is 0.264 e. The molecule has 0 radical (unpaired) electrons. The summed E-state index contributed by atoms with van der Waals surface area (Å²) in [6.07, 6.45) is 1.21. The Labute approximate surface area is 127 Å². The minimum absolute atomic E-state index is 0.0289. The molecule has 0 atom stereocenters. The summed E-state index contributed by atoms with van der Waals surface area (Å²) < 4.78 is 31.1. The summed E-state index contributed by atoms with van der Waals surface area (Å²) in [6.45, 7) is 0. The van der Waals surface area contributed by atoms with Gasteiger partial charge in [0.15, 0.2) is 0 Å². The number of aromatic carboxylic acids is 1. The lowest BCUT2D eigenvalue weighted by Gasteiger charge is -2.20. The molecule has 0 saturated heterocycles. The Hall–Kier alpha value is -2.61. The standard InChI is InChI=1S/C14H14N2O5S/c1-16(10-6-7-15-13(8-10)14(17)18)22(19,20)12-5-3-4-11(9-12)21-2/h3-9H,1-2H3,(H,17,18)/p-1. The molecule has 0 amide bonds. The maximum absolute atomic E-state index is 12.6. The van der Waals surface area contributed by atoms with E-state index in [0.717, 1.165) is 10.4 Å². The number of benzene rings is 1. The molecule has 8 heteroatoms. The normalized spacial score (nSPS) is 11.0. The molecule has 22 heavy (non-hydrogen) atoms. The number of hydrogen-bond acceptors (Lipinski definition) is 6. The molecule has 2 rings (SSSR count). The van der Waals surface area contributed by atoms with Crippen molar-refractivity contribution in [3.8, 4) is 5.75 Å². The van der Waals surface area contributed by atoms with Gasteiger partial charge in [0.1, 0.15) is 5.75 Å². The molecule has 1 heterocycles. The summed E-state index contributed by atoms with van der Waals surface area (Å²) in [4.78, 5) is 14.4. The molecule has 0 bridgehead atoms. The third-order valence-corrected chi connectivity index (χ3v) is 4.80. The second-order valence-electron chi connectivity index (χ2n) is 4.34. The van der Waals surface area contributed by atoms with Gasteiger partial charge in [-0.25, -0.2) is 8.42 Å². The number of sulfonamides is 1. The van der Waals surface area contributed by atoms with Crippen LogP contribution in [0.15, 0.2) is 47.5 Å². The van der Waals surface area contributed by atoms with Crippen molar-refractivity contribution in [2.45, 2.75) is 4.90 Å². The molecule has 7 nitrogen and oxygen atoms in total. The largest absolute Gasteiger partial charge is 0.543 e. The lowest BCUT2D eigenvalue weighted by molar-refractivity contribution is -0.255. The molecule has 2 aromatic rings. The number of carbonyl (C=O) groups excluding carboxylic acids is 1. The highest BCUT2D eigenvalue weighted by molar-refractivity contribution is 7.92. The highest BCUT2D eigenvalue weighted by atomic mass is 32.2. The van der Waals surface area contributed by atoms with Crippen LogP contribution in [-0.4, -0.2) is 33.5 Å². The molecule has 0 fully saturated rings. The fourth-order valence-electron chi connectivity index (χ4n) is 1.79. The van der Waals surface area contributed by atoms with Gasteiger partial charge >= 0.3 is 0 Å². The number of rotatable bonds is 5. The van der Waals surface area contributed by atoms with Crippen LogP contribution in [0.1, 0.15) is 10.5 Å². The van der Waals surface area contributed by atoms with Crippen molar-refractivity contribution < 1.29 is 23.1 Å². The molecular weight excluding hydrogens is 308 g/mol. The molecule has 0 saturated carbocycles. The number of carboxylic acids is 1. The van der Waals surface area contributed by atoms with Crippen LogP contribution in [0.3, 0.4) is 0 Å². The summed E-state index contributed by atoms with van der Waals surface area (Å²) in [7, 11) is -1.10. The Morgan fingerprint density at radius 3 is 2.64 bits per heavy atom. The topological polar surface area (TPSA) is 99.6 Å². The molecule has 0 aliphatic carbocycles. The number of carbonyl (C=O) groups is 1. The van der Waals surface area contributed by atoms with E-state index < -0.39 is 16.0 Å². The van der Waals surface area contributed by atoms with E-state index in [1.807, 2.05) is 0 Å². The van der Waals surface area contributed by atoms with Crippen LogP contribution < -0.4 is 14.1 Å². The van der Waals surface area contributed by atoms with Crippen LogP contribution in [0.5, 0.6) is 5.75 Å². The monoisotopic (exact) mass is 321 g/mol. The van der Waals surface area contributed by atoms with Crippen molar-refractivity contribution >= 4 is 21.7 Å². The predicted molar refractivity (Wildman–Crippen MR) is 77.2 cm³/mol. The zero-order valence-electron chi connectivity index (χ0n) is 11.9. The highest BCUT2D eigenvalue weighted by Gasteiger charge is 2.22. The number of anilines is 1. The van der Waals surface area contributed by atoms with Crippen molar-refractivity contribution in [3.63, 3.8) is 0 Å². The molecule has 0 aliphatic heterocycles. The molecule has 0 unspecified atom stereocenters. The quantitative estimate of drug-likeness (QED) is 0.784. The van der Waals surface area contributed by atoms with E-state index in [1.165, 1.54) is 38.6 Å². The Kier molecular flexibility index (Phi) is 4.32. The molecular formula is C14H13N2O5S-. The first-order chi connectivity index (χ1) is 10.4. The molecule has 116 valence electrons. The molecule has 1 aromatic heterocycles. The van der Waals surface area contributed by atoms with E-state index >= 15 is 0 Å². The van der Waals surface area contributed by atoms with Crippen molar-refractivity contribution in [1.82, 2.24) is 4.98 Å². The van der Waals surface area contributed by atoms with E-state index in [-0.39, 0.29) is 16.3 Å². The van der Waals surface area contributed by atoms with Crippen LogP contribution in [-0.2, 0) is 10.0 Å². The Morgan fingerprint density at radius 2 is 2.00 bits per heavy atom. The summed E-state index contributed by atoms with van der Waals surface area (Å²) >= 11 is 0. The third kappa shape index (κ3) is 3.01. The molecule has 0 aliphatic rings. The Bertz CT molecular complexity index is 804. The lowest BCUT2D eigenvalue weighted by Crippen LogP contribution is -2.28. The summed E-state index contributed by atoms with van der Waals surface area (Å²) in [5, 5.41) is 10.8. The van der Waals surface area contributed by atoms with Crippen LogP contribution in [0.25, 0.3) is 0 Å². The first kappa shape index (κ1) is 15.8. The smallest absolute Gasteiger partial charge is 0.264 e. The van der Waals surface area contributed by atoms with Crippen molar-refractivity contribution in [2.75, 3.05) is 18.5 Å². The first-order valence-corrected chi connectivity index (χ1v) is 7.60. The second-order valence-corrected chi connectivity index (χ2v) is 6.31. The van der Waals surface area contributed by atoms with Gasteiger partial charge in [-0.05, 0) is 24.3 Å². The lowest BCUT2D eigenvalue weighted by atomic mass is 10.3. The van der Waals surface area contributed by atoms with Gasteiger partial charge in [-0.15, -0.1) is 0 Å². The SMILES string of the molecule is COc1cccc(S(=O)(=O)N(C)c2ccnc(C(=O)[O-])c2)c1. The second kappa shape index (κ2) is 6.02. The van der Waals surface area contributed by atoms with Gasteiger partial charge in [0, 0.05) is 19.3 Å². The van der Waals surface area contributed by atoms with Gasteiger partial charge in [-0.3, -0.25) is 9.29 Å². The summed E-state index contributed by atoms with van der Waals surface area (Å²) in [6, 6.07) is 8.51. The van der Waals surface area contributed by atoms with Gasteiger partial charge in [-0.2, -0.15) is 0 Å². The number of carboxylic acid groups (broad SMARTS) is 1. The number of methoxy groups -OCH3 is 1. The number of aromatic nitrogens is 1. The van der Waals surface area contributed by atoms with Gasteiger partial charge in [-0.1, -0.05) is 6.07 Å². The van der Waals surface area contributed by atoms with Crippen LogP contribution in [0.4, 0.5) is 5.69 Å². The number of hydrogen-bond donors (Lipinski definition) is 0. The number of ether oxygens (including phenoxy) is 1. The van der Waals surface area contributed by atoms with E-state index in [4.69, 9.17) is 4.74 Å². The maximum atomic E-state index is 12.6. The molecule has 0 N–H and O–H groups in total. The average Bonchev–Trinajstić information content (AvgIpc) is 2.54. The minimum Gasteiger partial charge on any atom is -0.543 e. The first-order valence-electron chi connectivity index (χ1n) is 6.16. The van der Waals surface area contributed by atoms with E-state index in [2.05, 4.69) is 4.98 Å². The summed E-state index contributed by atoms with van der Waals surface area (Å²) in [5.41, 5.74) is -0.179. The van der Waals surface area contributed by atoms with Gasteiger partial charge in [0.25, 0.3) is 10.0 Å². The van der Waals surface area contributed by atoms with E-state index in [1.54, 1.807) is 12.1 Å². The van der Waals surface area contributed by atoms with Crippen molar-refractivity contribution in [1.29, 1.82) is 0 Å². The highest BCUT2D eigenvalue weighted by Crippen LogP contribution is 2.24. The third-order valence-electron chi connectivity index (χ3n) is 3.02. The Morgan fingerprint density at radius 1 is 1.27 bits per heavy atom. The number of nitrogens with zero attached hydrogens (tertiary/aromatic N) is 2. The molecule has 0 spiro atoms. The van der Waals surface area contributed by atoms with Gasteiger partial charge in [0.05, 0.1) is 29.4 Å². The van der Waals surface area contributed by atoms with Crippen LogP contribution in [0.2, 0.25) is 0 Å². The zero-order chi connectivity index (χ0) is 16.3. The number of pyridine rings is 1. The van der Waals surface area contributed by atoms with Crippen molar-refractivity contribution in [2.24, 2.45) is 0 Å². The van der Waals surface area contributed by atoms with Gasteiger partial charge in [0.2, 0.25) is 0 Å². The minimum atomic E-state index is -3.85. The summed E-state index contributed by atoms with van der Waals surface area (Å²) in [5.74, 6) is -1.08. The fraction of sp³-hybridized carbons (Fsp3) is 0.143. The average molecular weight is 321 g/mol. The zero-order valence-corrected chi connectivity index (χ0v) is 12.7. The fourth-order valence-corrected chi connectivity index (χ4v) is 3.01. The van der Waals surface area contributed by atoms with Crippen LogP contribution >= 0.6 is 0 Å².